The van der Waals surface area contributed by atoms with Crippen LogP contribution in [0.4, 0.5) is 23.2 Å². The number of aliphatic imine (C=N–C) groups is 1. The van der Waals surface area contributed by atoms with E-state index in [4.69, 9.17) is 53.1 Å². The van der Waals surface area contributed by atoms with E-state index in [0.717, 1.165) is 24.0 Å². The number of aliphatic hydroxyl groups excluding tert-OH is 1. The molecule has 3 aromatic carbocycles. The van der Waals surface area contributed by atoms with Crippen LogP contribution in [-0.4, -0.2) is 224 Å². The SMILES string of the molecule is CCCN(CCC)C(=O)C1=Cc2ccc(-c3ccc(CN(C)CCOCCOCCOCCOCCOCCOCCOCCOCCOCCOCCC(=O)Oc4c(F)c(F)cc(F)c4F)c(S(=O)(=O)N4CC(CO)C4)c3)cc2N=C(N)C1. The first-order chi connectivity index (χ1) is 40.7. The number of esters is 1. The van der Waals surface area contributed by atoms with Crippen molar-refractivity contribution in [2.24, 2.45) is 16.6 Å². The van der Waals surface area contributed by atoms with Crippen molar-refractivity contribution >= 4 is 39.5 Å². The Labute approximate surface area is 490 Å². The smallest absolute Gasteiger partial charge is 0.313 e. The van der Waals surface area contributed by atoms with Gasteiger partial charge in [-0.05, 0) is 54.8 Å². The van der Waals surface area contributed by atoms with Gasteiger partial charge in [0.2, 0.25) is 33.3 Å². The highest BCUT2D eigenvalue weighted by Gasteiger charge is 2.38. The average Bonchev–Trinajstić information content (AvgIpc) is 2.50. The Morgan fingerprint density at radius 1 is 0.643 bits per heavy atom. The summed E-state index contributed by atoms with van der Waals surface area (Å²) in [5, 5.41) is 9.65. The van der Waals surface area contributed by atoms with Crippen molar-refractivity contribution in [3.05, 3.63) is 82.4 Å². The molecule has 26 heteroatoms. The van der Waals surface area contributed by atoms with E-state index in [-0.39, 0.29) is 75.3 Å². The molecule has 21 nitrogen and oxygen atoms in total. The Hall–Kier alpha value is -5.04. The van der Waals surface area contributed by atoms with Gasteiger partial charge in [0, 0.05) is 75.4 Å². The van der Waals surface area contributed by atoms with Gasteiger partial charge < -0.3 is 67.8 Å². The highest BCUT2D eigenvalue weighted by Crippen LogP contribution is 2.36. The van der Waals surface area contributed by atoms with E-state index in [9.17, 15) is 40.7 Å². The maximum Gasteiger partial charge on any atom is 0.313 e. The van der Waals surface area contributed by atoms with Gasteiger partial charge >= 0.3 is 5.97 Å². The van der Waals surface area contributed by atoms with Gasteiger partial charge in [0.1, 0.15) is 5.84 Å². The van der Waals surface area contributed by atoms with Crippen LogP contribution in [0.3, 0.4) is 0 Å². The summed E-state index contributed by atoms with van der Waals surface area (Å²) in [6.07, 6.45) is 3.38. The number of hydrogen-bond donors (Lipinski definition) is 2. The van der Waals surface area contributed by atoms with Crippen LogP contribution in [0, 0.1) is 29.2 Å². The number of hydrogen-bond acceptors (Lipinski definition) is 19. The van der Waals surface area contributed by atoms with Crippen LogP contribution in [0.25, 0.3) is 17.2 Å². The molecule has 0 spiro atoms. The number of carbonyl (C=O) groups excluding carboxylic acids is 2. The summed E-state index contributed by atoms with van der Waals surface area (Å²) in [4.78, 5) is 34.0. The van der Waals surface area contributed by atoms with E-state index in [0.29, 0.717) is 160 Å². The Balaban J connectivity index is 0.831. The second-order valence-corrected chi connectivity index (χ2v) is 21.5. The second-order valence-electron chi connectivity index (χ2n) is 19.6. The van der Waals surface area contributed by atoms with Crippen molar-refractivity contribution in [3.8, 4) is 16.9 Å². The second kappa shape index (κ2) is 38.9. The fourth-order valence-corrected chi connectivity index (χ4v) is 10.3. The molecular formula is C58H83F4N5O16S. The minimum Gasteiger partial charge on any atom is -0.420 e. The van der Waals surface area contributed by atoms with Crippen LogP contribution in [0.1, 0.15) is 50.7 Å². The molecule has 0 saturated carbocycles. The van der Waals surface area contributed by atoms with Gasteiger partial charge in [0.25, 0.3) is 0 Å². The molecule has 0 aromatic heterocycles. The average molecular weight is 1210 g/mol. The van der Waals surface area contributed by atoms with Crippen LogP contribution in [0.15, 0.2) is 57.9 Å². The molecule has 3 aromatic rings. The van der Waals surface area contributed by atoms with Crippen molar-refractivity contribution in [1.29, 1.82) is 0 Å². The van der Waals surface area contributed by atoms with Gasteiger partial charge in [-0.1, -0.05) is 38.1 Å². The van der Waals surface area contributed by atoms with Crippen molar-refractivity contribution in [2.75, 3.05) is 179 Å². The lowest BCUT2D eigenvalue weighted by Gasteiger charge is -2.37. The number of nitrogens with two attached hydrogens (primary N) is 1. The molecule has 2 aliphatic rings. The number of fused-ring (bicyclic) bond motifs is 1. The van der Waals surface area contributed by atoms with E-state index in [1.807, 2.05) is 67.1 Å². The van der Waals surface area contributed by atoms with Gasteiger partial charge in [0.15, 0.2) is 11.6 Å². The normalized spacial score (nSPS) is 13.9. The number of ether oxygens (including phenoxy) is 11. The van der Waals surface area contributed by atoms with Crippen molar-refractivity contribution in [1.82, 2.24) is 14.1 Å². The third kappa shape index (κ3) is 24.0. The number of halogens is 4. The van der Waals surface area contributed by atoms with Gasteiger partial charge in [-0.25, -0.2) is 22.2 Å². The molecule has 1 saturated heterocycles. The van der Waals surface area contributed by atoms with Crippen molar-refractivity contribution < 1.29 is 92.8 Å². The maximum absolute atomic E-state index is 14.1. The molecule has 0 bridgehead atoms. The van der Waals surface area contributed by atoms with Crippen LogP contribution >= 0.6 is 0 Å². The summed E-state index contributed by atoms with van der Waals surface area (Å²) in [5.74, 6) is -9.37. The molecule has 0 radical (unpaired) electrons. The summed E-state index contributed by atoms with van der Waals surface area (Å²) in [5.41, 5.74) is 10.4. The first-order valence-electron chi connectivity index (χ1n) is 28.4. The molecule has 470 valence electrons. The lowest BCUT2D eigenvalue weighted by atomic mass is 9.99. The van der Waals surface area contributed by atoms with Crippen LogP contribution < -0.4 is 10.5 Å². The number of benzene rings is 3. The number of amides is 1. The topological polar surface area (TPSA) is 238 Å². The van der Waals surface area contributed by atoms with E-state index in [1.54, 1.807) is 6.07 Å². The van der Waals surface area contributed by atoms with Gasteiger partial charge in [-0.15, -0.1) is 0 Å². The first kappa shape index (κ1) is 69.7. The summed E-state index contributed by atoms with van der Waals surface area (Å²) >= 11 is 0. The Morgan fingerprint density at radius 2 is 1.10 bits per heavy atom. The predicted octanol–water partition coefficient (Wildman–Crippen LogP) is 5.54. The van der Waals surface area contributed by atoms with Gasteiger partial charge in [-0.2, -0.15) is 13.1 Å². The van der Waals surface area contributed by atoms with E-state index in [1.165, 1.54) is 4.31 Å². The Kier molecular flexibility index (Phi) is 32.3. The fourth-order valence-electron chi connectivity index (χ4n) is 8.48. The standard InChI is InChI=1S/C58H83F4N5O16S/c1-4-11-66(12-5-2)58(70)48-34-46-8-6-44(35-51(46)64-53(63)37-48)45-7-9-47(52(36-45)84(71,72)67-39-43(40-67)42-68)41-65(3)13-15-74-17-19-76-21-23-78-25-27-80-29-31-82-33-32-81-30-28-79-26-24-77-22-20-75-18-16-73-14-10-54(69)83-57-55(61)49(59)38-50(60)56(57)62/h6-9,34-36,38,43,68H,4-5,10-33,37,39-42H2,1-3H3,(H2,63,64). The largest absolute Gasteiger partial charge is 0.420 e. The molecule has 5 rings (SSSR count). The number of rotatable bonds is 45. The molecule has 0 unspecified atom stereocenters. The number of nitrogens with zero attached hydrogens (tertiary/aromatic N) is 4. The summed E-state index contributed by atoms with van der Waals surface area (Å²) in [7, 11) is -1.98. The monoisotopic (exact) mass is 1210 g/mol. The lowest BCUT2D eigenvalue weighted by molar-refractivity contribution is -0.136. The Bertz CT molecular complexity index is 2620. The molecule has 1 fully saturated rings. The van der Waals surface area contributed by atoms with Crippen LogP contribution in [0.5, 0.6) is 5.75 Å². The van der Waals surface area contributed by atoms with Gasteiger partial charge in [-0.3, -0.25) is 14.5 Å². The zero-order chi connectivity index (χ0) is 60.5. The summed E-state index contributed by atoms with van der Waals surface area (Å²) in [6, 6.07) is 11.1. The molecule has 0 atom stereocenters. The zero-order valence-corrected chi connectivity index (χ0v) is 49.3. The van der Waals surface area contributed by atoms with Crippen molar-refractivity contribution in [2.45, 2.75) is 51.0 Å². The number of sulfonamides is 1. The van der Waals surface area contributed by atoms with E-state index >= 15 is 0 Å². The molecular weight excluding hydrogens is 1130 g/mol. The third-order valence-electron chi connectivity index (χ3n) is 12.9. The highest BCUT2D eigenvalue weighted by atomic mass is 32.2. The lowest BCUT2D eigenvalue weighted by Crippen LogP contribution is -2.51. The fraction of sp³-hybridized carbons (Fsp3) is 0.603. The molecule has 3 N–H and O–H groups in total. The van der Waals surface area contributed by atoms with Crippen molar-refractivity contribution in [3.63, 3.8) is 0 Å². The third-order valence-corrected chi connectivity index (χ3v) is 14.8. The highest BCUT2D eigenvalue weighted by molar-refractivity contribution is 7.89. The minimum atomic E-state index is -3.89. The maximum atomic E-state index is 14.1. The zero-order valence-electron chi connectivity index (χ0n) is 48.5. The number of likely N-dealkylation sites (N-methyl/N-ethyl adjacent to an activating group) is 1. The van der Waals surface area contributed by atoms with Crippen LogP contribution in [-0.2, 0) is 73.5 Å². The quantitative estimate of drug-likeness (QED) is 0.0232. The molecule has 2 aliphatic heterocycles. The minimum absolute atomic E-state index is 0.0135. The molecule has 0 aliphatic carbocycles. The first-order valence-corrected chi connectivity index (χ1v) is 29.8. The summed E-state index contributed by atoms with van der Waals surface area (Å²) in [6.45, 7) is 13.4. The predicted molar refractivity (Wildman–Crippen MR) is 303 cm³/mol. The van der Waals surface area contributed by atoms with Gasteiger partial charge in [0.05, 0.1) is 149 Å². The number of amidine groups is 1. The van der Waals surface area contributed by atoms with Crippen LogP contribution in [0.2, 0.25) is 0 Å². The Morgan fingerprint density at radius 3 is 1.57 bits per heavy atom. The van der Waals surface area contributed by atoms with E-state index < -0.39 is 51.4 Å². The number of aliphatic hydroxyl groups is 1. The van der Waals surface area contributed by atoms with E-state index in [2.05, 4.69) is 9.73 Å². The molecule has 1 amide bonds. The number of carbonyl (C=O) groups is 2. The molecule has 84 heavy (non-hydrogen) atoms. The molecule has 2 heterocycles. The summed E-state index contributed by atoms with van der Waals surface area (Å²) < 4.78 is 143.